The molecule has 0 radical (unpaired) electrons. The first-order valence-electron chi connectivity index (χ1n) is 8.36. The molecule has 3 aromatic rings. The van der Waals surface area contributed by atoms with Gasteiger partial charge in [-0.25, -0.2) is 4.68 Å². The zero-order chi connectivity index (χ0) is 17.4. The highest BCUT2D eigenvalue weighted by molar-refractivity contribution is 9.10. The summed E-state index contributed by atoms with van der Waals surface area (Å²) in [5, 5.41) is 7.79. The molecule has 1 atom stereocenters. The maximum atomic E-state index is 4.39. The van der Waals surface area contributed by atoms with Crippen molar-refractivity contribution in [2.45, 2.75) is 25.8 Å². The van der Waals surface area contributed by atoms with Gasteiger partial charge in [-0.1, -0.05) is 66.2 Å². The molecule has 0 spiro atoms. The average Bonchev–Trinajstić information content (AvgIpc) is 3.09. The van der Waals surface area contributed by atoms with Gasteiger partial charge in [0.05, 0.1) is 0 Å². The number of hydrogen-bond acceptors (Lipinski definition) is 3. The summed E-state index contributed by atoms with van der Waals surface area (Å²) in [7, 11) is 0. The van der Waals surface area contributed by atoms with E-state index in [4.69, 9.17) is 0 Å². The van der Waals surface area contributed by atoms with Crippen LogP contribution in [0.1, 0.15) is 42.5 Å². The number of fused-ring (bicyclic) bond motifs is 1. The van der Waals surface area contributed by atoms with Crippen LogP contribution in [0.5, 0.6) is 0 Å². The molecular weight excluding hydrogens is 376 g/mol. The van der Waals surface area contributed by atoms with E-state index in [1.54, 1.807) is 6.33 Å². The van der Waals surface area contributed by atoms with Crippen molar-refractivity contribution in [1.82, 2.24) is 14.8 Å². The van der Waals surface area contributed by atoms with E-state index in [2.05, 4.69) is 87.7 Å². The summed E-state index contributed by atoms with van der Waals surface area (Å²) in [6.45, 7) is 4.41. The Morgan fingerprint density at radius 2 is 1.92 bits per heavy atom. The molecule has 0 unspecified atom stereocenters. The zero-order valence-electron chi connectivity index (χ0n) is 14.1. The quantitative estimate of drug-likeness (QED) is 0.661. The van der Waals surface area contributed by atoms with Crippen molar-refractivity contribution in [3.8, 4) is 0 Å². The van der Waals surface area contributed by atoms with E-state index in [-0.39, 0.29) is 6.04 Å². The average molecular weight is 395 g/mol. The number of rotatable bonds is 3. The molecule has 1 aromatic heterocycles. The maximum absolute atomic E-state index is 4.39. The highest BCUT2D eigenvalue weighted by Gasteiger charge is 2.23. The monoisotopic (exact) mass is 394 g/mol. The van der Waals surface area contributed by atoms with Crippen LogP contribution >= 0.6 is 15.9 Å². The lowest BCUT2D eigenvalue weighted by molar-refractivity contribution is 0.611. The maximum Gasteiger partial charge on any atom is 0.226 e. The van der Waals surface area contributed by atoms with Crippen molar-refractivity contribution in [2.75, 3.05) is 5.32 Å². The number of anilines is 1. The van der Waals surface area contributed by atoms with Gasteiger partial charge >= 0.3 is 0 Å². The highest BCUT2D eigenvalue weighted by atomic mass is 79.9. The predicted octanol–water partition coefficient (Wildman–Crippen LogP) is 5.22. The molecule has 1 N–H and O–H groups in total. The van der Waals surface area contributed by atoms with Crippen molar-refractivity contribution in [3.63, 3.8) is 0 Å². The van der Waals surface area contributed by atoms with Gasteiger partial charge in [-0.15, -0.1) is 0 Å². The van der Waals surface area contributed by atoms with Crippen LogP contribution in [0.4, 0.5) is 5.95 Å². The number of nitrogens with one attached hydrogen (secondary N) is 1. The van der Waals surface area contributed by atoms with E-state index in [9.17, 15) is 0 Å². The van der Waals surface area contributed by atoms with Gasteiger partial charge in [0.2, 0.25) is 5.95 Å². The molecule has 5 heteroatoms. The molecule has 0 bridgehead atoms. The van der Waals surface area contributed by atoms with Crippen molar-refractivity contribution in [1.29, 1.82) is 0 Å². The molecular formula is C20H19BrN4. The second-order valence-electron chi connectivity index (χ2n) is 6.51. The first-order valence-corrected chi connectivity index (χ1v) is 9.15. The largest absolute Gasteiger partial charge is 0.324 e. The first-order chi connectivity index (χ1) is 12.1. The summed E-state index contributed by atoms with van der Waals surface area (Å²) >= 11 is 3.56. The number of allylic oxidation sites excluding steroid dienone is 1. The summed E-state index contributed by atoms with van der Waals surface area (Å²) < 4.78 is 2.97. The fourth-order valence-corrected chi connectivity index (χ4v) is 3.49. The number of benzene rings is 2. The van der Waals surface area contributed by atoms with Gasteiger partial charge in [-0.3, -0.25) is 0 Å². The van der Waals surface area contributed by atoms with Crippen molar-refractivity contribution in [2.24, 2.45) is 0 Å². The number of halogens is 1. The van der Waals surface area contributed by atoms with E-state index in [1.807, 2.05) is 16.8 Å². The summed E-state index contributed by atoms with van der Waals surface area (Å²) in [4.78, 5) is 4.36. The van der Waals surface area contributed by atoms with Crippen LogP contribution in [0.3, 0.4) is 0 Å². The molecule has 0 aliphatic carbocycles. The molecule has 0 saturated heterocycles. The molecule has 2 aromatic carbocycles. The number of nitrogens with zero attached hydrogens (tertiary/aromatic N) is 3. The molecule has 0 fully saturated rings. The molecule has 1 aliphatic heterocycles. The Bertz CT molecular complexity index is 925. The van der Waals surface area contributed by atoms with Gasteiger partial charge in [0.15, 0.2) is 0 Å². The fourth-order valence-electron chi connectivity index (χ4n) is 3.08. The van der Waals surface area contributed by atoms with Gasteiger partial charge in [-0.2, -0.15) is 10.1 Å². The standard InChI is InChI=1S/C20H19BrN4/c1-13(2)14-6-8-15(9-7-14)18-11-19(16-4-3-5-17(21)10-16)25-20(24-18)22-12-23-25/h3-13,19H,1-2H3,(H,22,23,24)/t19-/m1/s1. The predicted molar refractivity (Wildman–Crippen MR) is 104 cm³/mol. The first kappa shape index (κ1) is 16.1. The molecule has 4 nitrogen and oxygen atoms in total. The molecule has 25 heavy (non-hydrogen) atoms. The Hall–Kier alpha value is -2.40. The second-order valence-corrected chi connectivity index (χ2v) is 7.43. The Labute approximate surface area is 155 Å². The topological polar surface area (TPSA) is 42.7 Å². The molecule has 1 aliphatic rings. The Balaban J connectivity index is 1.76. The molecule has 126 valence electrons. The fraction of sp³-hybridized carbons (Fsp3) is 0.200. The summed E-state index contributed by atoms with van der Waals surface area (Å²) in [6.07, 6.45) is 3.79. The van der Waals surface area contributed by atoms with Crippen LogP contribution in [0.25, 0.3) is 5.70 Å². The van der Waals surface area contributed by atoms with E-state index in [0.29, 0.717) is 5.92 Å². The van der Waals surface area contributed by atoms with Crippen LogP contribution in [-0.4, -0.2) is 14.8 Å². The third-order valence-electron chi connectivity index (χ3n) is 4.49. The van der Waals surface area contributed by atoms with E-state index in [1.165, 1.54) is 11.1 Å². The van der Waals surface area contributed by atoms with Crippen LogP contribution in [0, 0.1) is 0 Å². The number of aromatic nitrogens is 3. The minimum atomic E-state index is 0.0102. The van der Waals surface area contributed by atoms with Gasteiger partial charge in [0.1, 0.15) is 12.4 Å². The van der Waals surface area contributed by atoms with Crippen LogP contribution in [-0.2, 0) is 0 Å². The Morgan fingerprint density at radius 1 is 1.12 bits per heavy atom. The Morgan fingerprint density at radius 3 is 2.64 bits per heavy atom. The minimum Gasteiger partial charge on any atom is -0.324 e. The van der Waals surface area contributed by atoms with E-state index >= 15 is 0 Å². The Kier molecular flexibility index (Phi) is 4.17. The van der Waals surface area contributed by atoms with Gasteiger partial charge in [-0.05, 0) is 40.8 Å². The zero-order valence-corrected chi connectivity index (χ0v) is 15.7. The van der Waals surface area contributed by atoms with E-state index < -0.39 is 0 Å². The lowest BCUT2D eigenvalue weighted by Crippen LogP contribution is -2.20. The summed E-state index contributed by atoms with van der Waals surface area (Å²) in [6, 6.07) is 17.0. The van der Waals surface area contributed by atoms with Crippen LogP contribution in [0.2, 0.25) is 0 Å². The van der Waals surface area contributed by atoms with E-state index in [0.717, 1.165) is 21.7 Å². The second kappa shape index (κ2) is 6.48. The van der Waals surface area contributed by atoms with Crippen LogP contribution in [0.15, 0.2) is 65.4 Å². The molecule has 0 saturated carbocycles. The molecule has 2 heterocycles. The van der Waals surface area contributed by atoms with Crippen molar-refractivity contribution in [3.05, 3.63) is 82.1 Å². The van der Waals surface area contributed by atoms with Gasteiger partial charge in [0.25, 0.3) is 0 Å². The van der Waals surface area contributed by atoms with Crippen LogP contribution < -0.4 is 5.32 Å². The van der Waals surface area contributed by atoms with Crippen molar-refractivity contribution >= 4 is 27.6 Å². The minimum absolute atomic E-state index is 0.0102. The smallest absolute Gasteiger partial charge is 0.226 e. The third kappa shape index (κ3) is 3.12. The summed E-state index contributed by atoms with van der Waals surface area (Å²) in [5.74, 6) is 1.29. The molecule has 4 rings (SSSR count). The lowest BCUT2D eigenvalue weighted by atomic mass is 9.98. The summed E-state index contributed by atoms with van der Waals surface area (Å²) in [5.41, 5.74) is 4.71. The van der Waals surface area contributed by atoms with Gasteiger partial charge in [0, 0.05) is 10.2 Å². The van der Waals surface area contributed by atoms with Gasteiger partial charge < -0.3 is 5.32 Å². The lowest BCUT2D eigenvalue weighted by Gasteiger charge is -2.24. The third-order valence-corrected chi connectivity index (χ3v) is 4.98. The number of hydrogen-bond donors (Lipinski definition) is 1. The SMILES string of the molecule is CC(C)c1ccc(C2=C[C@H](c3cccc(Br)c3)n3ncnc3N2)cc1. The normalized spacial score (nSPS) is 16.3. The highest BCUT2D eigenvalue weighted by Crippen LogP contribution is 2.33. The van der Waals surface area contributed by atoms with Crippen molar-refractivity contribution < 1.29 is 0 Å². The molecule has 0 amide bonds.